The van der Waals surface area contributed by atoms with Gasteiger partial charge in [-0.3, -0.25) is 0 Å². The van der Waals surface area contributed by atoms with Gasteiger partial charge in [0.2, 0.25) is 10.0 Å². The summed E-state index contributed by atoms with van der Waals surface area (Å²) in [5.41, 5.74) is 0.960. The first-order valence-electron chi connectivity index (χ1n) is 7.39. The molecule has 0 amide bonds. The van der Waals surface area contributed by atoms with Crippen molar-refractivity contribution in [1.82, 2.24) is 4.31 Å². The number of aliphatic hydroxyl groups excluding tert-OH is 1. The highest BCUT2D eigenvalue weighted by Crippen LogP contribution is 2.20. The number of morpholine rings is 1. The lowest BCUT2D eigenvalue weighted by Gasteiger charge is -2.33. The van der Waals surface area contributed by atoms with Gasteiger partial charge in [-0.05, 0) is 26.0 Å². The number of esters is 1. The summed E-state index contributed by atoms with van der Waals surface area (Å²) in [7, 11) is -3.69. The molecule has 0 aliphatic carbocycles. The average Bonchev–Trinajstić information content (AvgIpc) is 2.55. The topological polar surface area (TPSA) is 93.1 Å². The molecule has 1 aliphatic rings. The van der Waals surface area contributed by atoms with E-state index in [0.29, 0.717) is 0 Å². The average molecular weight is 343 g/mol. The van der Waals surface area contributed by atoms with Crippen LogP contribution in [0.1, 0.15) is 12.5 Å². The van der Waals surface area contributed by atoms with Gasteiger partial charge in [-0.15, -0.1) is 0 Å². The molecule has 8 heteroatoms. The van der Waals surface area contributed by atoms with E-state index in [4.69, 9.17) is 9.47 Å². The molecule has 0 radical (unpaired) electrons. The van der Waals surface area contributed by atoms with Crippen LogP contribution in [-0.2, 0) is 24.3 Å². The Labute approximate surface area is 135 Å². The predicted molar refractivity (Wildman–Crippen MR) is 82.3 cm³/mol. The van der Waals surface area contributed by atoms with Crippen LogP contribution in [0.25, 0.3) is 0 Å². The number of rotatable bonds is 5. The van der Waals surface area contributed by atoms with E-state index in [1.807, 2.05) is 6.92 Å². The van der Waals surface area contributed by atoms with E-state index in [-0.39, 0.29) is 31.2 Å². The van der Waals surface area contributed by atoms with E-state index in [9.17, 15) is 18.3 Å². The lowest BCUT2D eigenvalue weighted by molar-refractivity contribution is -0.164. The zero-order chi connectivity index (χ0) is 17.0. The van der Waals surface area contributed by atoms with E-state index in [1.54, 1.807) is 19.1 Å². The van der Waals surface area contributed by atoms with Crippen LogP contribution < -0.4 is 0 Å². The second-order valence-corrected chi connectivity index (χ2v) is 7.22. The normalized spacial score (nSPS) is 20.9. The summed E-state index contributed by atoms with van der Waals surface area (Å²) >= 11 is 0. The van der Waals surface area contributed by atoms with Gasteiger partial charge in [0.05, 0.1) is 18.1 Å². The first-order chi connectivity index (χ1) is 10.9. The van der Waals surface area contributed by atoms with Gasteiger partial charge < -0.3 is 14.6 Å². The van der Waals surface area contributed by atoms with Crippen molar-refractivity contribution < 1.29 is 27.8 Å². The Morgan fingerprint density at radius 3 is 2.70 bits per heavy atom. The van der Waals surface area contributed by atoms with Crippen molar-refractivity contribution in [3.8, 4) is 0 Å². The Morgan fingerprint density at radius 2 is 2.09 bits per heavy atom. The van der Waals surface area contributed by atoms with Crippen LogP contribution in [0.15, 0.2) is 29.2 Å². The number of aliphatic hydroxyl groups is 1. The molecular formula is C15H21NO6S. The Balaban J connectivity index is 2.14. The number of benzene rings is 1. The van der Waals surface area contributed by atoms with Gasteiger partial charge in [-0.1, -0.05) is 17.7 Å². The third-order valence-corrected chi connectivity index (χ3v) is 5.47. The molecule has 128 valence electrons. The minimum atomic E-state index is -3.69. The second kappa shape index (κ2) is 7.39. The summed E-state index contributed by atoms with van der Waals surface area (Å²) in [5, 5.41) is 9.94. The molecule has 1 heterocycles. The van der Waals surface area contributed by atoms with Crippen LogP contribution in [0.3, 0.4) is 0 Å². The molecule has 0 saturated carbocycles. The van der Waals surface area contributed by atoms with E-state index >= 15 is 0 Å². The molecule has 1 aliphatic heterocycles. The number of hydrogen-bond acceptors (Lipinski definition) is 6. The number of ether oxygens (including phenoxy) is 2. The zero-order valence-electron chi connectivity index (χ0n) is 13.1. The first-order valence-corrected chi connectivity index (χ1v) is 8.83. The lowest BCUT2D eigenvalue weighted by atomic mass is 10.2. The number of aryl methyl sites for hydroxylation is 1. The molecule has 1 aromatic rings. The lowest BCUT2D eigenvalue weighted by Crippen LogP contribution is -2.52. The second-order valence-electron chi connectivity index (χ2n) is 5.28. The van der Waals surface area contributed by atoms with Gasteiger partial charge in [0.15, 0.2) is 6.10 Å². The third kappa shape index (κ3) is 4.08. The fourth-order valence-electron chi connectivity index (χ4n) is 2.30. The molecule has 1 fully saturated rings. The molecule has 0 aromatic heterocycles. The van der Waals surface area contributed by atoms with Crippen LogP contribution >= 0.6 is 0 Å². The van der Waals surface area contributed by atoms with Crippen molar-refractivity contribution in [1.29, 1.82) is 0 Å². The maximum Gasteiger partial charge on any atom is 0.337 e. The number of hydrogen-bond donors (Lipinski definition) is 1. The summed E-state index contributed by atoms with van der Waals surface area (Å²) in [4.78, 5) is 11.8. The molecule has 1 saturated heterocycles. The first kappa shape index (κ1) is 17.9. The van der Waals surface area contributed by atoms with Crippen molar-refractivity contribution in [2.45, 2.75) is 31.0 Å². The molecule has 0 bridgehead atoms. The van der Waals surface area contributed by atoms with Gasteiger partial charge >= 0.3 is 5.97 Å². The molecule has 2 atom stereocenters. The van der Waals surface area contributed by atoms with Crippen LogP contribution in [0, 0.1) is 6.92 Å². The highest BCUT2D eigenvalue weighted by Gasteiger charge is 2.37. The predicted octanol–water partition coefficient (Wildman–Crippen LogP) is 0.309. The Kier molecular flexibility index (Phi) is 5.74. The summed E-state index contributed by atoms with van der Waals surface area (Å²) in [6.45, 7) is 3.80. The van der Waals surface area contributed by atoms with Gasteiger partial charge in [0, 0.05) is 13.1 Å². The minimum absolute atomic E-state index is 0.101. The van der Waals surface area contributed by atoms with Crippen LogP contribution in [0.4, 0.5) is 0 Å². The monoisotopic (exact) mass is 343 g/mol. The SMILES string of the molecule is CCOC(=O)C(O)C1CN(S(=O)(=O)c2ccc(C)cc2)CCO1. The molecule has 7 nitrogen and oxygen atoms in total. The highest BCUT2D eigenvalue weighted by atomic mass is 32.2. The van der Waals surface area contributed by atoms with Crippen LogP contribution in [0.5, 0.6) is 0 Å². The van der Waals surface area contributed by atoms with Gasteiger partial charge in [0.1, 0.15) is 6.10 Å². The maximum absolute atomic E-state index is 12.6. The van der Waals surface area contributed by atoms with Gasteiger partial charge in [0.25, 0.3) is 0 Å². The fraction of sp³-hybridized carbons (Fsp3) is 0.533. The van der Waals surface area contributed by atoms with E-state index in [2.05, 4.69) is 0 Å². The van der Waals surface area contributed by atoms with E-state index in [0.717, 1.165) is 5.56 Å². The van der Waals surface area contributed by atoms with Crippen LogP contribution in [-0.4, -0.2) is 62.3 Å². The Bertz CT molecular complexity index is 642. The summed E-state index contributed by atoms with van der Waals surface area (Å²) in [5.74, 6) is -0.813. The number of carbonyl (C=O) groups is 1. The van der Waals surface area contributed by atoms with Crippen molar-refractivity contribution >= 4 is 16.0 Å². The summed E-state index contributed by atoms with van der Waals surface area (Å²) < 4.78 is 36.6. The zero-order valence-corrected chi connectivity index (χ0v) is 14.0. The Morgan fingerprint density at radius 1 is 1.43 bits per heavy atom. The standard InChI is InChI=1S/C15H21NO6S/c1-3-21-15(18)14(17)13-10-16(8-9-22-13)23(19,20)12-6-4-11(2)5-7-12/h4-7,13-14,17H,3,8-10H2,1-2H3. The quantitative estimate of drug-likeness (QED) is 0.774. The molecular weight excluding hydrogens is 322 g/mol. The van der Waals surface area contributed by atoms with Gasteiger partial charge in [-0.25, -0.2) is 13.2 Å². The molecule has 1 aromatic carbocycles. The van der Waals surface area contributed by atoms with Crippen molar-refractivity contribution in [2.75, 3.05) is 26.3 Å². The molecule has 0 spiro atoms. The summed E-state index contributed by atoms with van der Waals surface area (Å²) in [6, 6.07) is 6.52. The van der Waals surface area contributed by atoms with Crippen LogP contribution in [0.2, 0.25) is 0 Å². The van der Waals surface area contributed by atoms with E-state index < -0.39 is 28.2 Å². The van der Waals surface area contributed by atoms with Gasteiger partial charge in [-0.2, -0.15) is 4.31 Å². The smallest absolute Gasteiger partial charge is 0.337 e. The fourth-order valence-corrected chi connectivity index (χ4v) is 3.73. The Hall–Kier alpha value is -1.48. The maximum atomic E-state index is 12.6. The van der Waals surface area contributed by atoms with E-state index in [1.165, 1.54) is 16.4 Å². The number of carbonyl (C=O) groups excluding carboxylic acids is 1. The summed E-state index contributed by atoms with van der Waals surface area (Å²) in [6.07, 6.45) is -2.45. The number of nitrogens with zero attached hydrogens (tertiary/aromatic N) is 1. The largest absolute Gasteiger partial charge is 0.464 e. The van der Waals surface area contributed by atoms with Crippen molar-refractivity contribution in [3.05, 3.63) is 29.8 Å². The highest BCUT2D eigenvalue weighted by molar-refractivity contribution is 7.89. The molecule has 1 N–H and O–H groups in total. The number of sulfonamides is 1. The third-order valence-electron chi connectivity index (χ3n) is 3.60. The van der Waals surface area contributed by atoms with Crippen molar-refractivity contribution in [2.24, 2.45) is 0 Å². The minimum Gasteiger partial charge on any atom is -0.464 e. The molecule has 23 heavy (non-hydrogen) atoms. The molecule has 2 rings (SSSR count). The molecule has 2 unspecified atom stereocenters. The van der Waals surface area contributed by atoms with Crippen molar-refractivity contribution in [3.63, 3.8) is 0 Å².